The molecule has 3 heterocycles. The second-order valence-corrected chi connectivity index (χ2v) is 10.9. The molecule has 0 radical (unpaired) electrons. The SMILES string of the molecule is COc1cc(-c2c3c(C#N)cc(-c4cnn(CC5CCOC5)c4)cc3nn2C)cc(OC(F)F)c1C(=O)NCC1(F)CC1. The van der Waals surface area contributed by atoms with Crippen molar-refractivity contribution < 1.29 is 32.2 Å². The molecule has 10 nitrogen and oxygen atoms in total. The maximum atomic E-state index is 14.2. The van der Waals surface area contributed by atoms with Gasteiger partial charge in [-0.05, 0) is 49.1 Å². The van der Waals surface area contributed by atoms with Crippen LogP contribution in [-0.4, -0.2) is 64.6 Å². The zero-order valence-corrected chi connectivity index (χ0v) is 23.6. The Hall–Kier alpha value is -4.57. The van der Waals surface area contributed by atoms with E-state index in [1.165, 1.54) is 23.9 Å². The molecule has 0 spiro atoms. The van der Waals surface area contributed by atoms with Crippen LogP contribution in [0.15, 0.2) is 36.7 Å². The Morgan fingerprint density at radius 2 is 2.02 bits per heavy atom. The van der Waals surface area contributed by atoms with E-state index >= 15 is 0 Å². The van der Waals surface area contributed by atoms with Gasteiger partial charge >= 0.3 is 6.61 Å². The van der Waals surface area contributed by atoms with Crippen molar-refractivity contribution in [3.8, 4) is 40.0 Å². The van der Waals surface area contributed by atoms with Gasteiger partial charge in [0.05, 0.1) is 49.3 Å². The van der Waals surface area contributed by atoms with Crippen LogP contribution in [0.25, 0.3) is 33.3 Å². The number of aromatic nitrogens is 4. The van der Waals surface area contributed by atoms with Gasteiger partial charge in [-0.25, -0.2) is 4.39 Å². The molecule has 1 unspecified atom stereocenters. The predicted molar refractivity (Wildman–Crippen MR) is 150 cm³/mol. The summed E-state index contributed by atoms with van der Waals surface area (Å²) in [5, 5.41) is 22.2. The van der Waals surface area contributed by atoms with E-state index in [4.69, 9.17) is 14.2 Å². The third kappa shape index (κ3) is 5.75. The topological polar surface area (TPSA) is 116 Å². The average Bonchev–Trinajstić information content (AvgIpc) is 3.36. The van der Waals surface area contributed by atoms with Crippen molar-refractivity contribution in [1.82, 2.24) is 24.9 Å². The Labute approximate surface area is 244 Å². The maximum absolute atomic E-state index is 14.2. The van der Waals surface area contributed by atoms with Gasteiger partial charge in [0.2, 0.25) is 0 Å². The van der Waals surface area contributed by atoms with E-state index in [0.717, 1.165) is 30.7 Å². The van der Waals surface area contributed by atoms with Gasteiger partial charge in [0, 0.05) is 48.8 Å². The lowest BCUT2D eigenvalue weighted by molar-refractivity contribution is -0.0502. The summed E-state index contributed by atoms with van der Waals surface area (Å²) >= 11 is 0. The summed E-state index contributed by atoms with van der Waals surface area (Å²) < 4.78 is 60.2. The number of amides is 1. The van der Waals surface area contributed by atoms with Gasteiger partial charge in [-0.3, -0.25) is 14.2 Å². The highest BCUT2D eigenvalue weighted by molar-refractivity contribution is 6.03. The first-order chi connectivity index (χ1) is 20.7. The Morgan fingerprint density at radius 3 is 2.70 bits per heavy atom. The van der Waals surface area contributed by atoms with E-state index in [1.807, 2.05) is 16.9 Å². The Bertz CT molecular complexity index is 1730. The van der Waals surface area contributed by atoms with Crippen LogP contribution in [0.2, 0.25) is 0 Å². The third-order valence-electron chi connectivity index (χ3n) is 7.85. The largest absolute Gasteiger partial charge is 0.496 e. The quantitative estimate of drug-likeness (QED) is 0.279. The Kier molecular flexibility index (Phi) is 7.47. The number of hydrogen-bond acceptors (Lipinski definition) is 7. The number of nitrogens with zero attached hydrogens (tertiary/aromatic N) is 5. The summed E-state index contributed by atoms with van der Waals surface area (Å²) in [6.45, 7) is -1.31. The number of halogens is 3. The molecule has 1 N–H and O–H groups in total. The smallest absolute Gasteiger partial charge is 0.387 e. The van der Waals surface area contributed by atoms with E-state index in [1.54, 1.807) is 19.3 Å². The number of carbonyl (C=O) groups excluding carboxylic acids is 1. The highest BCUT2D eigenvalue weighted by atomic mass is 19.3. The van der Waals surface area contributed by atoms with Gasteiger partial charge in [0.15, 0.2) is 0 Å². The van der Waals surface area contributed by atoms with Crippen LogP contribution in [0.3, 0.4) is 0 Å². The number of aryl methyl sites for hydroxylation is 1. The van der Waals surface area contributed by atoms with Crippen molar-refractivity contribution in [2.24, 2.45) is 13.0 Å². The van der Waals surface area contributed by atoms with Gasteiger partial charge in [0.25, 0.3) is 5.91 Å². The van der Waals surface area contributed by atoms with Crippen molar-refractivity contribution in [2.75, 3.05) is 26.9 Å². The fourth-order valence-corrected chi connectivity index (χ4v) is 5.46. The molecule has 2 aliphatic rings. The van der Waals surface area contributed by atoms with E-state index in [9.17, 15) is 23.2 Å². The van der Waals surface area contributed by atoms with Gasteiger partial charge in [-0.2, -0.15) is 24.2 Å². The van der Waals surface area contributed by atoms with Gasteiger partial charge in [-0.15, -0.1) is 0 Å². The third-order valence-corrected chi connectivity index (χ3v) is 7.85. The first-order valence-electron chi connectivity index (χ1n) is 13.8. The van der Waals surface area contributed by atoms with E-state index in [2.05, 4.69) is 21.6 Å². The first kappa shape index (κ1) is 28.5. The number of nitriles is 1. The lowest BCUT2D eigenvalue weighted by Crippen LogP contribution is -2.31. The van der Waals surface area contributed by atoms with E-state index in [0.29, 0.717) is 53.1 Å². The van der Waals surface area contributed by atoms with E-state index < -0.39 is 23.9 Å². The number of benzene rings is 2. The number of nitrogens with one attached hydrogen (secondary N) is 1. The molecule has 1 saturated heterocycles. The van der Waals surface area contributed by atoms with Crippen LogP contribution in [0.4, 0.5) is 13.2 Å². The molecule has 4 aromatic rings. The minimum Gasteiger partial charge on any atom is -0.496 e. The monoisotopic (exact) mass is 594 g/mol. The van der Waals surface area contributed by atoms with Crippen LogP contribution < -0.4 is 14.8 Å². The molecular weight excluding hydrogens is 565 g/mol. The van der Waals surface area contributed by atoms with Crippen molar-refractivity contribution >= 4 is 16.8 Å². The lowest BCUT2D eigenvalue weighted by Gasteiger charge is -2.17. The summed E-state index contributed by atoms with van der Waals surface area (Å²) in [6.07, 6.45) is 5.27. The maximum Gasteiger partial charge on any atom is 0.387 e. The molecule has 1 saturated carbocycles. The molecule has 0 bridgehead atoms. The number of ether oxygens (including phenoxy) is 3. The fourth-order valence-electron chi connectivity index (χ4n) is 5.46. The zero-order valence-electron chi connectivity index (χ0n) is 23.6. The van der Waals surface area contributed by atoms with Crippen LogP contribution in [-0.2, 0) is 18.3 Å². The molecule has 1 atom stereocenters. The standard InChI is InChI=1S/C30H29F3N6O4/c1-38-27(19-9-23(41-2)26(24(10-19)43-29(31)32)28(40)35-16-30(33)4-5-30)25-20(11-34)7-18(8-22(25)37-38)21-12-36-39(14-21)13-17-3-6-42-15-17/h7-10,12,14,17,29H,3-6,13,15-16H2,1-2H3,(H,35,40). The van der Waals surface area contributed by atoms with Crippen molar-refractivity contribution in [3.63, 3.8) is 0 Å². The normalized spacial score (nSPS) is 17.3. The molecule has 13 heteroatoms. The number of alkyl halides is 3. The lowest BCUT2D eigenvalue weighted by atomic mass is 9.97. The highest BCUT2D eigenvalue weighted by Crippen LogP contribution is 2.41. The van der Waals surface area contributed by atoms with Crippen molar-refractivity contribution in [2.45, 2.75) is 38.1 Å². The average molecular weight is 595 g/mol. The second-order valence-electron chi connectivity index (χ2n) is 10.9. The number of methoxy groups -OCH3 is 1. The van der Waals surface area contributed by atoms with Gasteiger partial charge in [-0.1, -0.05) is 0 Å². The van der Waals surface area contributed by atoms with E-state index in [-0.39, 0.29) is 17.9 Å². The predicted octanol–water partition coefficient (Wildman–Crippen LogP) is 4.85. The van der Waals surface area contributed by atoms with Crippen molar-refractivity contribution in [1.29, 1.82) is 5.26 Å². The summed E-state index contributed by atoms with van der Waals surface area (Å²) in [6, 6.07) is 8.55. The molecule has 2 aromatic heterocycles. The zero-order chi connectivity index (χ0) is 30.3. The molecular formula is C30H29F3N6O4. The number of fused-ring (bicyclic) bond motifs is 1. The van der Waals surface area contributed by atoms with Gasteiger partial charge in [0.1, 0.15) is 22.7 Å². The molecule has 2 fully saturated rings. The molecule has 1 amide bonds. The Balaban J connectivity index is 1.40. The summed E-state index contributed by atoms with van der Waals surface area (Å²) in [5.41, 5.74) is 1.35. The fraction of sp³-hybridized carbons (Fsp3) is 0.400. The molecule has 224 valence electrons. The van der Waals surface area contributed by atoms with Crippen molar-refractivity contribution in [3.05, 3.63) is 47.8 Å². The number of rotatable bonds is 10. The Morgan fingerprint density at radius 1 is 1.23 bits per heavy atom. The molecule has 1 aliphatic heterocycles. The minimum absolute atomic E-state index is 0.0566. The van der Waals surface area contributed by atoms with Crippen LogP contribution in [0.1, 0.15) is 35.2 Å². The highest BCUT2D eigenvalue weighted by Gasteiger charge is 2.43. The number of hydrogen-bond donors (Lipinski definition) is 1. The van der Waals surface area contributed by atoms with Crippen LogP contribution in [0, 0.1) is 17.2 Å². The first-order valence-corrected chi connectivity index (χ1v) is 13.8. The summed E-state index contributed by atoms with van der Waals surface area (Å²) in [7, 11) is 2.95. The molecule has 6 rings (SSSR count). The second kappa shape index (κ2) is 11.3. The summed E-state index contributed by atoms with van der Waals surface area (Å²) in [4.78, 5) is 13.0. The molecule has 43 heavy (non-hydrogen) atoms. The van der Waals surface area contributed by atoms with Crippen LogP contribution >= 0.6 is 0 Å². The van der Waals surface area contributed by atoms with Gasteiger partial charge < -0.3 is 19.5 Å². The molecule has 1 aliphatic carbocycles. The van der Waals surface area contributed by atoms with Crippen LogP contribution in [0.5, 0.6) is 11.5 Å². The molecule has 2 aromatic carbocycles. The summed E-state index contributed by atoms with van der Waals surface area (Å²) in [5.74, 6) is -0.912. The minimum atomic E-state index is -3.25. The number of carbonyl (C=O) groups is 1.